The number of rotatable bonds is 6. The highest BCUT2D eigenvalue weighted by atomic mass is 79.9. The molecule has 0 aliphatic heterocycles. The Bertz CT molecular complexity index is 1310. The normalized spacial score (nSPS) is 11.1. The Morgan fingerprint density at radius 3 is 2.55 bits per heavy atom. The van der Waals surface area contributed by atoms with Gasteiger partial charge in [0.25, 0.3) is 5.56 Å². The Morgan fingerprint density at radius 1 is 1.06 bits per heavy atom. The Morgan fingerprint density at radius 2 is 1.81 bits per heavy atom. The number of halogens is 3. The quantitative estimate of drug-likeness (QED) is 0.247. The zero-order chi connectivity index (χ0) is 22.0. The number of hydrogen-bond acceptors (Lipinski definition) is 4. The average Bonchev–Trinajstić information content (AvgIpc) is 2.76. The second kappa shape index (κ2) is 9.20. The van der Waals surface area contributed by atoms with Gasteiger partial charge in [0.2, 0.25) is 0 Å². The Balaban J connectivity index is 1.81. The first-order valence-electron chi connectivity index (χ1n) is 9.35. The van der Waals surface area contributed by atoms with E-state index in [0.717, 1.165) is 21.8 Å². The molecule has 0 radical (unpaired) electrons. The van der Waals surface area contributed by atoms with Crippen molar-refractivity contribution >= 4 is 38.6 Å². The van der Waals surface area contributed by atoms with E-state index < -0.39 is 11.6 Å². The molecular formula is C23H17BrF2N2O2S. The predicted octanol–water partition coefficient (Wildman–Crippen LogP) is 5.79. The third kappa shape index (κ3) is 4.50. The third-order valence-corrected chi connectivity index (χ3v) is 6.31. The fraction of sp³-hybridized carbons (Fsp3) is 0.130. The molecule has 0 unspecified atom stereocenters. The van der Waals surface area contributed by atoms with Crippen LogP contribution in [0.4, 0.5) is 8.78 Å². The Kier molecular flexibility index (Phi) is 6.38. The summed E-state index contributed by atoms with van der Waals surface area (Å²) in [5.74, 6) is -0.620. The summed E-state index contributed by atoms with van der Waals surface area (Å²) in [6.07, 6.45) is 0. The minimum atomic E-state index is -0.629. The summed E-state index contributed by atoms with van der Waals surface area (Å²) in [6.45, 7) is 0.209. The molecule has 0 aliphatic carbocycles. The van der Waals surface area contributed by atoms with Crippen LogP contribution >= 0.6 is 27.7 Å². The number of para-hydroxylation sites is 1. The van der Waals surface area contributed by atoms with E-state index in [9.17, 15) is 13.6 Å². The molecule has 0 N–H and O–H groups in total. The Labute approximate surface area is 190 Å². The van der Waals surface area contributed by atoms with Crippen molar-refractivity contribution in [3.63, 3.8) is 0 Å². The molecule has 0 spiro atoms. The molecule has 31 heavy (non-hydrogen) atoms. The molecule has 0 saturated heterocycles. The summed E-state index contributed by atoms with van der Waals surface area (Å²) >= 11 is 4.51. The molecule has 4 rings (SSSR count). The monoisotopic (exact) mass is 502 g/mol. The third-order valence-electron chi connectivity index (χ3n) is 4.81. The van der Waals surface area contributed by atoms with Gasteiger partial charge in [0.1, 0.15) is 17.4 Å². The topological polar surface area (TPSA) is 44.1 Å². The standard InChI is InChI=1S/C23H17BrF2N2O2S/c1-30-21-8-3-2-5-14(21)12-28-22(29)16-11-15(24)9-10-20(16)27-23(28)31-13-17-18(25)6-4-7-19(17)26/h2-11H,12-13H2,1H3. The molecule has 0 bridgehead atoms. The molecule has 0 atom stereocenters. The van der Waals surface area contributed by atoms with Gasteiger partial charge in [-0.1, -0.05) is 52.0 Å². The van der Waals surface area contributed by atoms with E-state index in [4.69, 9.17) is 4.74 Å². The van der Waals surface area contributed by atoms with Gasteiger partial charge in [0.15, 0.2) is 5.16 Å². The van der Waals surface area contributed by atoms with Gasteiger partial charge in [-0.3, -0.25) is 9.36 Å². The first-order valence-corrected chi connectivity index (χ1v) is 11.1. The van der Waals surface area contributed by atoms with Crippen molar-refractivity contribution in [3.8, 4) is 5.75 Å². The molecule has 4 aromatic rings. The van der Waals surface area contributed by atoms with Crippen molar-refractivity contribution in [1.29, 1.82) is 0 Å². The first kappa shape index (κ1) is 21.5. The lowest BCUT2D eigenvalue weighted by atomic mass is 10.2. The number of thioether (sulfide) groups is 1. The maximum atomic E-state index is 14.1. The molecule has 0 fully saturated rings. The van der Waals surface area contributed by atoms with Gasteiger partial charge >= 0.3 is 0 Å². The smallest absolute Gasteiger partial charge is 0.262 e. The van der Waals surface area contributed by atoms with Gasteiger partial charge in [-0.15, -0.1) is 0 Å². The molecule has 0 aliphatic rings. The van der Waals surface area contributed by atoms with E-state index in [1.807, 2.05) is 24.3 Å². The highest BCUT2D eigenvalue weighted by molar-refractivity contribution is 9.10. The van der Waals surface area contributed by atoms with Crippen molar-refractivity contribution in [2.24, 2.45) is 0 Å². The molecule has 3 aromatic carbocycles. The fourth-order valence-electron chi connectivity index (χ4n) is 3.23. The van der Waals surface area contributed by atoms with Gasteiger partial charge in [-0.25, -0.2) is 13.8 Å². The molecule has 1 aromatic heterocycles. The van der Waals surface area contributed by atoms with Crippen molar-refractivity contribution in [2.45, 2.75) is 17.5 Å². The summed E-state index contributed by atoms with van der Waals surface area (Å²) in [5, 5.41) is 0.819. The van der Waals surface area contributed by atoms with Crippen LogP contribution in [0.25, 0.3) is 10.9 Å². The van der Waals surface area contributed by atoms with Gasteiger partial charge in [-0.05, 0) is 36.4 Å². The molecule has 8 heteroatoms. The van der Waals surface area contributed by atoms with E-state index in [2.05, 4.69) is 20.9 Å². The number of fused-ring (bicyclic) bond motifs is 1. The SMILES string of the molecule is COc1ccccc1Cn1c(SCc2c(F)cccc2F)nc2ccc(Br)cc2c1=O. The highest BCUT2D eigenvalue weighted by Gasteiger charge is 2.16. The van der Waals surface area contributed by atoms with E-state index in [1.165, 1.54) is 22.8 Å². The van der Waals surface area contributed by atoms with Crippen LogP contribution in [0, 0.1) is 11.6 Å². The second-order valence-corrected chi connectivity index (χ2v) is 8.61. The summed E-state index contributed by atoms with van der Waals surface area (Å²) in [5.41, 5.74) is 1.01. The van der Waals surface area contributed by atoms with E-state index in [1.54, 1.807) is 25.3 Å². The zero-order valence-electron chi connectivity index (χ0n) is 16.4. The molecule has 158 valence electrons. The van der Waals surface area contributed by atoms with Gasteiger partial charge in [0.05, 0.1) is 24.6 Å². The van der Waals surface area contributed by atoms with E-state index in [-0.39, 0.29) is 23.4 Å². The number of methoxy groups -OCH3 is 1. The van der Waals surface area contributed by atoms with Crippen LogP contribution in [0.3, 0.4) is 0 Å². The van der Waals surface area contributed by atoms with Crippen molar-refractivity contribution in [3.05, 3.63) is 98.3 Å². The Hall–Kier alpha value is -2.71. The maximum absolute atomic E-state index is 14.1. The molecule has 0 saturated carbocycles. The fourth-order valence-corrected chi connectivity index (χ4v) is 4.61. The molecule has 0 amide bonds. The van der Waals surface area contributed by atoms with Crippen LogP contribution in [0.5, 0.6) is 5.75 Å². The predicted molar refractivity (Wildman–Crippen MR) is 122 cm³/mol. The minimum Gasteiger partial charge on any atom is -0.496 e. The van der Waals surface area contributed by atoms with E-state index in [0.29, 0.717) is 21.8 Å². The van der Waals surface area contributed by atoms with Gasteiger partial charge < -0.3 is 4.74 Å². The van der Waals surface area contributed by atoms with Crippen LogP contribution in [0.2, 0.25) is 0 Å². The van der Waals surface area contributed by atoms with E-state index >= 15 is 0 Å². The summed E-state index contributed by atoms with van der Waals surface area (Å²) in [7, 11) is 1.56. The van der Waals surface area contributed by atoms with Crippen LogP contribution in [0.15, 0.2) is 75.1 Å². The van der Waals surface area contributed by atoms with Crippen LogP contribution < -0.4 is 10.3 Å². The molecular weight excluding hydrogens is 486 g/mol. The summed E-state index contributed by atoms with van der Waals surface area (Å²) in [6, 6.07) is 16.4. The number of hydrogen-bond donors (Lipinski definition) is 0. The van der Waals surface area contributed by atoms with Crippen molar-refractivity contribution in [1.82, 2.24) is 9.55 Å². The van der Waals surface area contributed by atoms with Crippen LogP contribution in [-0.4, -0.2) is 16.7 Å². The number of benzene rings is 3. The number of ether oxygens (including phenoxy) is 1. The lowest BCUT2D eigenvalue weighted by Gasteiger charge is -2.15. The first-order chi connectivity index (χ1) is 15.0. The molecule has 1 heterocycles. The minimum absolute atomic E-state index is 0.00109. The average molecular weight is 503 g/mol. The zero-order valence-corrected chi connectivity index (χ0v) is 18.8. The lowest BCUT2D eigenvalue weighted by Crippen LogP contribution is -2.24. The van der Waals surface area contributed by atoms with Crippen molar-refractivity contribution in [2.75, 3.05) is 7.11 Å². The summed E-state index contributed by atoms with van der Waals surface area (Å²) in [4.78, 5) is 18.0. The van der Waals surface area contributed by atoms with Crippen LogP contribution in [-0.2, 0) is 12.3 Å². The van der Waals surface area contributed by atoms with Crippen LogP contribution in [0.1, 0.15) is 11.1 Å². The molecule has 4 nitrogen and oxygen atoms in total. The van der Waals surface area contributed by atoms with Gasteiger partial charge in [0, 0.05) is 21.4 Å². The highest BCUT2D eigenvalue weighted by Crippen LogP contribution is 2.27. The largest absolute Gasteiger partial charge is 0.496 e. The summed E-state index contributed by atoms with van der Waals surface area (Å²) < 4.78 is 35.9. The maximum Gasteiger partial charge on any atom is 0.262 e. The van der Waals surface area contributed by atoms with Crippen molar-refractivity contribution < 1.29 is 13.5 Å². The lowest BCUT2D eigenvalue weighted by molar-refractivity contribution is 0.407. The number of aromatic nitrogens is 2. The van der Waals surface area contributed by atoms with Gasteiger partial charge in [-0.2, -0.15) is 0 Å². The number of nitrogens with zero attached hydrogens (tertiary/aromatic N) is 2. The second-order valence-electron chi connectivity index (χ2n) is 6.75.